The molecule has 10 nitrogen and oxygen atoms in total. The van der Waals surface area contributed by atoms with Crippen LogP contribution in [0.25, 0.3) is 0 Å². The average Bonchev–Trinajstić information content (AvgIpc) is 2.79. The van der Waals surface area contributed by atoms with Crippen LogP contribution >= 0.6 is 0 Å². The van der Waals surface area contributed by atoms with E-state index in [9.17, 15) is 13.2 Å². The first-order chi connectivity index (χ1) is 16.7. The van der Waals surface area contributed by atoms with Gasteiger partial charge in [-0.15, -0.1) is 13.2 Å². The van der Waals surface area contributed by atoms with E-state index in [0.717, 1.165) is 12.0 Å². The zero-order valence-electron chi connectivity index (χ0n) is 20.0. The fraction of sp³-hybridized carbons (Fsp3) is 0.591. The van der Waals surface area contributed by atoms with E-state index in [2.05, 4.69) is 49.5 Å². The highest BCUT2D eigenvalue weighted by Crippen LogP contribution is 2.23. The minimum atomic E-state index is -4.73. The minimum absolute atomic E-state index is 0.280. The summed E-state index contributed by atoms with van der Waals surface area (Å²) in [6, 6.07) is 5.57. The summed E-state index contributed by atoms with van der Waals surface area (Å²) in [4.78, 5) is 13.1. The van der Waals surface area contributed by atoms with Gasteiger partial charge in [0.15, 0.2) is 0 Å². The Bertz CT molecular complexity index is 855. The molecule has 0 unspecified atom stereocenters. The van der Waals surface area contributed by atoms with Crippen LogP contribution in [0, 0.1) is 5.92 Å². The number of hydrogen-bond acceptors (Lipinski definition) is 10. The maximum absolute atomic E-state index is 12.3. The SMILES string of the molecule is CC(C)CCNc1nc(NCCOCCOCCN)nc(NCc2ccc(OC(F)(F)F)cc2)n1. The van der Waals surface area contributed by atoms with Crippen LogP contribution in [0.2, 0.25) is 0 Å². The molecule has 1 aromatic carbocycles. The molecule has 0 spiro atoms. The van der Waals surface area contributed by atoms with Crippen LogP contribution in [-0.4, -0.2) is 67.4 Å². The van der Waals surface area contributed by atoms with Gasteiger partial charge in [-0.05, 0) is 30.0 Å². The van der Waals surface area contributed by atoms with Crippen molar-refractivity contribution in [3.63, 3.8) is 0 Å². The van der Waals surface area contributed by atoms with Gasteiger partial charge in [-0.2, -0.15) is 15.0 Å². The maximum atomic E-state index is 12.3. The van der Waals surface area contributed by atoms with Gasteiger partial charge in [0, 0.05) is 26.2 Å². The molecule has 196 valence electrons. The second-order valence-electron chi connectivity index (χ2n) is 7.90. The van der Waals surface area contributed by atoms with E-state index in [1.54, 1.807) is 0 Å². The van der Waals surface area contributed by atoms with Crippen LogP contribution in [0.5, 0.6) is 5.75 Å². The van der Waals surface area contributed by atoms with E-state index in [-0.39, 0.29) is 5.75 Å². The molecule has 13 heteroatoms. The highest BCUT2D eigenvalue weighted by Gasteiger charge is 2.30. The molecule has 5 N–H and O–H groups in total. The molecule has 0 fully saturated rings. The largest absolute Gasteiger partial charge is 0.573 e. The second kappa shape index (κ2) is 15.2. The monoisotopic (exact) mass is 501 g/mol. The van der Waals surface area contributed by atoms with Crippen molar-refractivity contribution in [1.82, 2.24) is 15.0 Å². The molecule has 0 aliphatic heterocycles. The molecule has 0 amide bonds. The molecule has 2 rings (SSSR count). The minimum Gasteiger partial charge on any atom is -0.406 e. The number of nitrogens with zero attached hydrogens (tertiary/aromatic N) is 3. The molecule has 1 aromatic heterocycles. The summed E-state index contributed by atoms with van der Waals surface area (Å²) < 4.78 is 51.6. The molecule has 0 saturated heterocycles. The third-order valence-electron chi connectivity index (χ3n) is 4.41. The molecule has 1 heterocycles. The van der Waals surface area contributed by atoms with Gasteiger partial charge >= 0.3 is 6.36 Å². The predicted octanol–water partition coefficient (Wildman–Crippen LogP) is 3.24. The smallest absolute Gasteiger partial charge is 0.406 e. The number of anilines is 3. The number of hydrogen-bond donors (Lipinski definition) is 4. The van der Waals surface area contributed by atoms with Gasteiger partial charge in [-0.1, -0.05) is 26.0 Å². The number of nitrogens with two attached hydrogens (primary N) is 1. The molecular weight excluding hydrogens is 467 g/mol. The van der Waals surface area contributed by atoms with E-state index >= 15 is 0 Å². The van der Waals surface area contributed by atoms with Gasteiger partial charge in [0.1, 0.15) is 5.75 Å². The van der Waals surface area contributed by atoms with Crippen molar-refractivity contribution in [2.24, 2.45) is 11.7 Å². The summed E-state index contributed by atoms with van der Waals surface area (Å²) in [5, 5.41) is 9.37. The van der Waals surface area contributed by atoms with Crippen LogP contribution in [0.3, 0.4) is 0 Å². The first-order valence-electron chi connectivity index (χ1n) is 11.4. The van der Waals surface area contributed by atoms with Crippen molar-refractivity contribution in [3.8, 4) is 5.75 Å². The van der Waals surface area contributed by atoms with E-state index < -0.39 is 6.36 Å². The van der Waals surface area contributed by atoms with Crippen LogP contribution in [-0.2, 0) is 16.0 Å². The lowest BCUT2D eigenvalue weighted by atomic mass is 10.1. The summed E-state index contributed by atoms with van der Waals surface area (Å²) >= 11 is 0. The first kappa shape index (κ1) is 28.3. The van der Waals surface area contributed by atoms with Crippen LogP contribution < -0.4 is 26.4 Å². The normalized spacial score (nSPS) is 11.5. The number of rotatable bonds is 17. The van der Waals surface area contributed by atoms with Crippen molar-refractivity contribution in [2.45, 2.75) is 33.2 Å². The lowest BCUT2D eigenvalue weighted by Gasteiger charge is -2.13. The van der Waals surface area contributed by atoms with Gasteiger partial charge in [-0.25, -0.2) is 0 Å². The van der Waals surface area contributed by atoms with Gasteiger partial charge in [-0.3, -0.25) is 0 Å². The molecular formula is C22H34F3N7O3. The molecule has 0 atom stereocenters. The standard InChI is InChI=1S/C22H34F3N7O3/c1-16(2)7-9-27-19-30-20(28-10-12-34-14-13-33-11-8-26)32-21(31-19)29-15-17-3-5-18(6-4-17)35-22(23,24)25/h3-6,16H,7-15,26H2,1-2H3,(H3,27,28,29,30,31,32). The lowest BCUT2D eigenvalue weighted by Crippen LogP contribution is -2.17. The highest BCUT2D eigenvalue weighted by atomic mass is 19.4. The summed E-state index contributed by atoms with van der Waals surface area (Å²) in [6.07, 6.45) is -3.78. The summed E-state index contributed by atoms with van der Waals surface area (Å²) in [6.45, 7) is 8.07. The Morgan fingerprint density at radius 3 is 1.97 bits per heavy atom. The van der Waals surface area contributed by atoms with Gasteiger partial charge in [0.05, 0.1) is 26.4 Å². The molecule has 35 heavy (non-hydrogen) atoms. The third kappa shape index (κ3) is 12.9. The molecule has 0 radical (unpaired) electrons. The third-order valence-corrected chi connectivity index (χ3v) is 4.41. The van der Waals surface area contributed by atoms with Crippen molar-refractivity contribution in [1.29, 1.82) is 0 Å². The predicted molar refractivity (Wildman–Crippen MR) is 127 cm³/mol. The Labute approximate surface area is 203 Å². The number of alkyl halides is 3. The van der Waals surface area contributed by atoms with Crippen molar-refractivity contribution in [3.05, 3.63) is 29.8 Å². The Morgan fingerprint density at radius 2 is 1.40 bits per heavy atom. The van der Waals surface area contributed by atoms with Crippen molar-refractivity contribution in [2.75, 3.05) is 62.0 Å². The zero-order valence-corrected chi connectivity index (χ0v) is 20.0. The first-order valence-corrected chi connectivity index (χ1v) is 11.4. The fourth-order valence-electron chi connectivity index (χ4n) is 2.72. The number of benzene rings is 1. The molecule has 0 bridgehead atoms. The number of ether oxygens (including phenoxy) is 3. The molecule has 0 saturated carbocycles. The lowest BCUT2D eigenvalue weighted by molar-refractivity contribution is -0.274. The molecule has 2 aromatic rings. The Hall–Kier alpha value is -2.90. The van der Waals surface area contributed by atoms with Crippen LogP contribution in [0.1, 0.15) is 25.8 Å². The van der Waals surface area contributed by atoms with Crippen molar-refractivity contribution < 1.29 is 27.4 Å². The Balaban J connectivity index is 1.92. The van der Waals surface area contributed by atoms with Crippen molar-refractivity contribution >= 4 is 17.8 Å². The zero-order chi connectivity index (χ0) is 25.5. The maximum Gasteiger partial charge on any atom is 0.573 e. The Morgan fingerprint density at radius 1 is 0.829 bits per heavy atom. The van der Waals surface area contributed by atoms with Crippen LogP contribution in [0.15, 0.2) is 24.3 Å². The quantitative estimate of drug-likeness (QED) is 0.240. The Kier molecular flexibility index (Phi) is 12.3. The fourth-order valence-corrected chi connectivity index (χ4v) is 2.72. The number of aromatic nitrogens is 3. The number of nitrogens with one attached hydrogen (secondary N) is 3. The highest BCUT2D eigenvalue weighted by molar-refractivity contribution is 5.42. The van der Waals surface area contributed by atoms with Crippen LogP contribution in [0.4, 0.5) is 31.0 Å². The van der Waals surface area contributed by atoms with E-state index in [4.69, 9.17) is 15.2 Å². The van der Waals surface area contributed by atoms with Gasteiger partial charge < -0.3 is 35.9 Å². The molecule has 0 aliphatic rings. The summed E-state index contributed by atoms with van der Waals surface area (Å²) in [7, 11) is 0. The summed E-state index contributed by atoms with van der Waals surface area (Å²) in [5.74, 6) is 1.34. The average molecular weight is 502 g/mol. The molecule has 0 aliphatic carbocycles. The van der Waals surface area contributed by atoms with E-state index in [1.165, 1.54) is 24.3 Å². The van der Waals surface area contributed by atoms with Gasteiger partial charge in [0.25, 0.3) is 0 Å². The van der Waals surface area contributed by atoms with E-state index in [0.29, 0.717) is 76.4 Å². The van der Waals surface area contributed by atoms with E-state index in [1.807, 2.05) is 0 Å². The topological polar surface area (TPSA) is 128 Å². The summed E-state index contributed by atoms with van der Waals surface area (Å²) in [5.41, 5.74) is 6.09. The van der Waals surface area contributed by atoms with Gasteiger partial charge in [0.2, 0.25) is 17.8 Å². The second-order valence-corrected chi connectivity index (χ2v) is 7.90. The number of halogens is 3.